The zero-order valence-electron chi connectivity index (χ0n) is 9.10. The topological polar surface area (TPSA) is 64.4 Å². The lowest BCUT2D eigenvalue weighted by atomic mass is 10.2. The fourth-order valence-electron chi connectivity index (χ4n) is 1.73. The molecule has 2 aromatic rings. The van der Waals surface area contributed by atoms with Crippen molar-refractivity contribution < 1.29 is 14.6 Å². The monoisotopic (exact) mass is 220 g/mol. The summed E-state index contributed by atoms with van der Waals surface area (Å²) in [6.45, 7) is 1.56. The molecule has 84 valence electrons. The minimum absolute atomic E-state index is 0.344. The van der Waals surface area contributed by atoms with E-state index in [0.29, 0.717) is 5.75 Å². The lowest BCUT2D eigenvalue weighted by Gasteiger charge is -2.05. The van der Waals surface area contributed by atoms with Crippen molar-refractivity contribution in [1.29, 1.82) is 0 Å². The number of ether oxygens (including phenoxy) is 1. The zero-order chi connectivity index (χ0) is 11.7. The number of aliphatic carboxylic acids is 1. The van der Waals surface area contributed by atoms with Gasteiger partial charge >= 0.3 is 5.97 Å². The Morgan fingerprint density at radius 1 is 1.56 bits per heavy atom. The van der Waals surface area contributed by atoms with E-state index in [4.69, 9.17) is 9.84 Å². The fraction of sp³-hybridized carbons (Fsp3) is 0.273. The third-order valence-electron chi connectivity index (χ3n) is 2.36. The average Bonchev–Trinajstić information content (AvgIpc) is 2.52. The molecule has 0 fully saturated rings. The first-order chi connectivity index (χ1) is 7.59. The molecule has 0 aliphatic rings. The Balaban J connectivity index is 2.48. The Bertz CT molecular complexity index is 545. The molecule has 0 amide bonds. The summed E-state index contributed by atoms with van der Waals surface area (Å²) in [5.41, 5.74) is 1.72. The lowest BCUT2D eigenvalue weighted by molar-refractivity contribution is -0.139. The number of hydrogen-bond donors (Lipinski definition) is 1. The maximum atomic E-state index is 10.5. The van der Waals surface area contributed by atoms with Crippen LogP contribution in [0.15, 0.2) is 18.2 Å². The van der Waals surface area contributed by atoms with Crippen LogP contribution in [0.25, 0.3) is 10.9 Å². The van der Waals surface area contributed by atoms with Crippen LogP contribution in [0.3, 0.4) is 0 Å². The van der Waals surface area contributed by atoms with E-state index in [1.54, 1.807) is 10.7 Å². The number of hydrogen-bond acceptors (Lipinski definition) is 3. The van der Waals surface area contributed by atoms with Crippen LogP contribution < -0.4 is 4.74 Å². The van der Waals surface area contributed by atoms with E-state index < -0.39 is 5.97 Å². The lowest BCUT2D eigenvalue weighted by Crippen LogP contribution is -2.10. The van der Waals surface area contributed by atoms with E-state index in [0.717, 1.165) is 16.6 Å². The standard InChI is InChI=1S/C11H12N2O3/c1-7-8-4-3-5-9(16-6-10(14)15)11(8)13(2)12-7/h3-5H,6H2,1-2H3,(H,14,15). The second kappa shape index (κ2) is 3.84. The van der Waals surface area contributed by atoms with E-state index >= 15 is 0 Å². The quantitative estimate of drug-likeness (QED) is 0.847. The smallest absolute Gasteiger partial charge is 0.341 e. The van der Waals surface area contributed by atoms with Gasteiger partial charge in [-0.05, 0) is 13.0 Å². The second-order valence-corrected chi connectivity index (χ2v) is 3.54. The predicted octanol–water partition coefficient (Wildman–Crippen LogP) is 1.35. The van der Waals surface area contributed by atoms with E-state index in [1.165, 1.54) is 0 Å². The highest BCUT2D eigenvalue weighted by Crippen LogP contribution is 2.26. The number of aromatic nitrogens is 2. The first kappa shape index (κ1) is 10.5. The highest BCUT2D eigenvalue weighted by atomic mass is 16.5. The molecule has 0 atom stereocenters. The third kappa shape index (κ3) is 1.71. The fourth-order valence-corrected chi connectivity index (χ4v) is 1.73. The van der Waals surface area contributed by atoms with Gasteiger partial charge in [-0.15, -0.1) is 0 Å². The van der Waals surface area contributed by atoms with Crippen molar-refractivity contribution in [3.05, 3.63) is 23.9 Å². The van der Waals surface area contributed by atoms with Crippen LogP contribution in [0.1, 0.15) is 5.69 Å². The summed E-state index contributed by atoms with van der Waals surface area (Å²) in [5.74, 6) is -0.445. The van der Waals surface area contributed by atoms with E-state index in [1.807, 2.05) is 26.1 Å². The molecule has 5 nitrogen and oxygen atoms in total. The summed E-state index contributed by atoms with van der Waals surface area (Å²) >= 11 is 0. The highest BCUT2D eigenvalue weighted by molar-refractivity contribution is 5.87. The molecule has 0 radical (unpaired) electrons. The van der Waals surface area contributed by atoms with Crippen LogP contribution in [-0.2, 0) is 11.8 Å². The molecule has 1 N–H and O–H groups in total. The Hall–Kier alpha value is -2.04. The zero-order valence-corrected chi connectivity index (χ0v) is 9.10. The largest absolute Gasteiger partial charge is 0.480 e. The van der Waals surface area contributed by atoms with Crippen LogP contribution in [0, 0.1) is 6.92 Å². The van der Waals surface area contributed by atoms with Gasteiger partial charge in [0.25, 0.3) is 0 Å². The van der Waals surface area contributed by atoms with Crippen LogP contribution in [0.4, 0.5) is 0 Å². The Morgan fingerprint density at radius 2 is 2.31 bits per heavy atom. The first-order valence-electron chi connectivity index (χ1n) is 4.86. The number of fused-ring (bicyclic) bond motifs is 1. The molecule has 0 aliphatic carbocycles. The molecule has 0 aliphatic heterocycles. The van der Waals surface area contributed by atoms with Crippen molar-refractivity contribution in [3.63, 3.8) is 0 Å². The Morgan fingerprint density at radius 3 is 3.00 bits per heavy atom. The number of nitrogens with zero attached hydrogens (tertiary/aromatic N) is 2. The number of aryl methyl sites for hydroxylation is 2. The number of para-hydroxylation sites is 1. The van der Waals surface area contributed by atoms with Gasteiger partial charge < -0.3 is 9.84 Å². The van der Waals surface area contributed by atoms with Crippen molar-refractivity contribution in [2.45, 2.75) is 6.92 Å². The third-order valence-corrected chi connectivity index (χ3v) is 2.36. The van der Waals surface area contributed by atoms with Crippen molar-refractivity contribution in [3.8, 4) is 5.75 Å². The summed E-state index contributed by atoms with van der Waals surface area (Å²) in [7, 11) is 1.81. The minimum Gasteiger partial charge on any atom is -0.480 e. The molecule has 5 heteroatoms. The van der Waals surface area contributed by atoms with Gasteiger partial charge in [-0.25, -0.2) is 4.79 Å². The average molecular weight is 220 g/mol. The van der Waals surface area contributed by atoms with Crippen LogP contribution >= 0.6 is 0 Å². The van der Waals surface area contributed by atoms with Gasteiger partial charge in [0, 0.05) is 12.4 Å². The van der Waals surface area contributed by atoms with Gasteiger partial charge in [0.2, 0.25) is 0 Å². The summed E-state index contributed by atoms with van der Waals surface area (Å²) in [6, 6.07) is 5.51. The van der Waals surface area contributed by atoms with Crippen LogP contribution in [0.5, 0.6) is 5.75 Å². The Labute approximate surface area is 92.2 Å². The summed E-state index contributed by atoms with van der Waals surface area (Å²) in [6.07, 6.45) is 0. The van der Waals surface area contributed by atoms with Gasteiger partial charge in [-0.1, -0.05) is 12.1 Å². The molecule has 0 saturated carbocycles. The molecular weight excluding hydrogens is 208 g/mol. The van der Waals surface area contributed by atoms with Gasteiger partial charge in [-0.3, -0.25) is 4.68 Å². The SMILES string of the molecule is Cc1nn(C)c2c(OCC(=O)O)cccc12. The van der Waals surface area contributed by atoms with Gasteiger partial charge in [0.05, 0.1) is 5.69 Å². The summed E-state index contributed by atoms with van der Waals surface area (Å²) < 4.78 is 6.91. The number of carbonyl (C=O) groups is 1. The molecule has 2 rings (SSSR count). The molecular formula is C11H12N2O3. The van der Waals surface area contributed by atoms with Crippen LogP contribution in [-0.4, -0.2) is 27.5 Å². The predicted molar refractivity (Wildman–Crippen MR) is 58.6 cm³/mol. The molecule has 0 saturated heterocycles. The maximum Gasteiger partial charge on any atom is 0.341 e. The van der Waals surface area contributed by atoms with Gasteiger partial charge in [0.1, 0.15) is 11.3 Å². The van der Waals surface area contributed by atoms with Crippen molar-refractivity contribution in [1.82, 2.24) is 9.78 Å². The van der Waals surface area contributed by atoms with Crippen molar-refractivity contribution in [2.24, 2.45) is 7.05 Å². The summed E-state index contributed by atoms with van der Waals surface area (Å²) in [5, 5.41) is 13.8. The molecule has 0 bridgehead atoms. The maximum absolute atomic E-state index is 10.5. The number of rotatable bonds is 3. The minimum atomic E-state index is -0.990. The molecule has 0 spiro atoms. The molecule has 1 aromatic heterocycles. The summed E-state index contributed by atoms with van der Waals surface area (Å²) in [4.78, 5) is 10.5. The van der Waals surface area contributed by atoms with Crippen molar-refractivity contribution >= 4 is 16.9 Å². The molecule has 1 heterocycles. The van der Waals surface area contributed by atoms with Gasteiger partial charge in [-0.2, -0.15) is 5.10 Å². The first-order valence-corrected chi connectivity index (χ1v) is 4.86. The van der Waals surface area contributed by atoms with Crippen molar-refractivity contribution in [2.75, 3.05) is 6.61 Å². The van der Waals surface area contributed by atoms with E-state index in [9.17, 15) is 4.79 Å². The number of carboxylic acids is 1. The number of carboxylic acid groups (broad SMARTS) is 1. The van der Waals surface area contributed by atoms with E-state index in [-0.39, 0.29) is 6.61 Å². The van der Waals surface area contributed by atoms with Gasteiger partial charge in [0.15, 0.2) is 6.61 Å². The van der Waals surface area contributed by atoms with Crippen LogP contribution in [0.2, 0.25) is 0 Å². The highest BCUT2D eigenvalue weighted by Gasteiger charge is 2.10. The Kier molecular flexibility index (Phi) is 2.52. The van der Waals surface area contributed by atoms with E-state index in [2.05, 4.69) is 5.10 Å². The second-order valence-electron chi connectivity index (χ2n) is 3.54. The molecule has 16 heavy (non-hydrogen) atoms. The molecule has 0 unspecified atom stereocenters. The molecule has 1 aromatic carbocycles. The normalized spacial score (nSPS) is 10.6. The number of benzene rings is 1.